The molecule has 0 aromatic heterocycles. The summed E-state index contributed by atoms with van der Waals surface area (Å²) in [5.41, 5.74) is -0.973. The lowest BCUT2D eigenvalue weighted by atomic mass is 10.2. The molecule has 0 heterocycles. The van der Waals surface area contributed by atoms with E-state index in [9.17, 15) is 20.0 Å². The number of hydrogen-bond donors (Lipinski definition) is 1. The van der Waals surface area contributed by atoms with Gasteiger partial charge in [0.2, 0.25) is 0 Å². The van der Waals surface area contributed by atoms with E-state index in [0.29, 0.717) is 5.75 Å². The molecule has 2 aromatic rings. The van der Waals surface area contributed by atoms with E-state index in [2.05, 4.69) is 0 Å². The van der Waals surface area contributed by atoms with Crippen molar-refractivity contribution in [3.05, 3.63) is 52.6 Å². The quantitative estimate of drug-likeness (QED) is 0.638. The Morgan fingerprint density at radius 2 is 1.81 bits per heavy atom. The van der Waals surface area contributed by atoms with Crippen LogP contribution in [-0.2, 0) is 4.74 Å². The lowest BCUT2D eigenvalue weighted by molar-refractivity contribution is -0.384. The van der Waals surface area contributed by atoms with Crippen LogP contribution in [0, 0.1) is 10.1 Å². The summed E-state index contributed by atoms with van der Waals surface area (Å²) in [7, 11) is 1.38. The smallest absolute Gasteiger partial charge is 0.414 e. The van der Waals surface area contributed by atoms with Crippen LogP contribution >= 0.6 is 0 Å². The van der Waals surface area contributed by atoms with Crippen molar-refractivity contribution >= 4 is 17.5 Å². The maximum atomic E-state index is 12.3. The van der Waals surface area contributed by atoms with Crippen molar-refractivity contribution < 1.29 is 24.3 Å². The molecule has 0 atom stereocenters. The number of rotatable bonds is 4. The van der Waals surface area contributed by atoms with Crippen molar-refractivity contribution in [2.24, 2.45) is 0 Å². The van der Waals surface area contributed by atoms with E-state index in [1.807, 2.05) is 0 Å². The maximum absolute atomic E-state index is 12.3. The van der Waals surface area contributed by atoms with Gasteiger partial charge >= 0.3 is 6.09 Å². The molecule has 0 spiro atoms. The number of carbonyl (C=O) groups is 1. The molecule has 1 N–H and O–H groups in total. The molecular formula is C18H20N2O6. The average Bonchev–Trinajstić information content (AvgIpc) is 2.52. The molecule has 0 aliphatic carbocycles. The van der Waals surface area contributed by atoms with Gasteiger partial charge < -0.3 is 14.6 Å². The molecule has 0 aliphatic heterocycles. The van der Waals surface area contributed by atoms with Crippen LogP contribution in [0.25, 0.3) is 0 Å². The Morgan fingerprint density at radius 1 is 1.15 bits per heavy atom. The number of anilines is 1. The topological polar surface area (TPSA) is 102 Å². The van der Waals surface area contributed by atoms with Crippen LogP contribution in [-0.4, -0.2) is 28.8 Å². The molecular weight excluding hydrogens is 340 g/mol. The van der Waals surface area contributed by atoms with Crippen LogP contribution in [0.3, 0.4) is 0 Å². The Balaban J connectivity index is 2.36. The first-order valence-corrected chi connectivity index (χ1v) is 7.79. The minimum atomic E-state index is -0.740. The van der Waals surface area contributed by atoms with Gasteiger partial charge in [0, 0.05) is 25.2 Å². The monoisotopic (exact) mass is 360 g/mol. The highest BCUT2D eigenvalue weighted by Crippen LogP contribution is 2.34. The Kier molecular flexibility index (Phi) is 5.35. The second kappa shape index (κ2) is 7.30. The fourth-order valence-corrected chi connectivity index (χ4v) is 2.10. The minimum Gasteiger partial charge on any atom is -0.508 e. The molecule has 26 heavy (non-hydrogen) atoms. The molecule has 0 fully saturated rings. The number of carbonyl (C=O) groups excluding carboxylic acids is 1. The Morgan fingerprint density at radius 3 is 2.38 bits per heavy atom. The van der Waals surface area contributed by atoms with Gasteiger partial charge in [0.15, 0.2) is 0 Å². The summed E-state index contributed by atoms with van der Waals surface area (Å²) in [6.45, 7) is 5.11. The van der Waals surface area contributed by atoms with Crippen molar-refractivity contribution in [3.8, 4) is 17.2 Å². The van der Waals surface area contributed by atoms with Crippen LogP contribution < -0.4 is 9.64 Å². The summed E-state index contributed by atoms with van der Waals surface area (Å²) in [6.07, 6.45) is -0.727. The van der Waals surface area contributed by atoms with Crippen LogP contribution in [0.2, 0.25) is 0 Å². The number of nitro groups is 1. The molecule has 0 unspecified atom stereocenters. The number of hydrogen-bond acceptors (Lipinski definition) is 6. The fourth-order valence-electron chi connectivity index (χ4n) is 2.10. The lowest BCUT2D eigenvalue weighted by Gasteiger charge is -2.24. The van der Waals surface area contributed by atoms with E-state index in [1.165, 1.54) is 37.4 Å². The Bertz CT molecular complexity index is 829. The second-order valence-corrected chi connectivity index (χ2v) is 6.55. The van der Waals surface area contributed by atoms with Crippen LogP contribution in [0.15, 0.2) is 42.5 Å². The standard InChI is InChI=1S/C18H20N2O6/c1-18(2,3)26-17(22)19(4)16-11-14(8-9-15(16)20(23)24)25-13-7-5-6-12(21)10-13/h5-11,21H,1-4H3. The zero-order chi connectivity index (χ0) is 19.5. The van der Waals surface area contributed by atoms with Gasteiger partial charge in [-0.05, 0) is 39.0 Å². The first-order valence-electron chi connectivity index (χ1n) is 7.79. The third kappa shape index (κ3) is 4.85. The van der Waals surface area contributed by atoms with Crippen molar-refractivity contribution in [3.63, 3.8) is 0 Å². The largest absolute Gasteiger partial charge is 0.508 e. The third-order valence-electron chi connectivity index (χ3n) is 3.23. The SMILES string of the molecule is CN(C(=O)OC(C)(C)C)c1cc(Oc2cccc(O)c2)ccc1[N+](=O)[O-]. The van der Waals surface area contributed by atoms with Crippen molar-refractivity contribution in [1.29, 1.82) is 0 Å². The van der Waals surface area contributed by atoms with E-state index in [0.717, 1.165) is 4.90 Å². The van der Waals surface area contributed by atoms with E-state index in [1.54, 1.807) is 32.9 Å². The van der Waals surface area contributed by atoms with Gasteiger partial charge in [0.05, 0.1) is 4.92 Å². The molecule has 8 heteroatoms. The molecule has 2 rings (SSSR count). The predicted octanol–water partition coefficient (Wildman–Crippen LogP) is 4.46. The summed E-state index contributed by atoms with van der Waals surface area (Å²) in [4.78, 5) is 24.0. The first-order chi connectivity index (χ1) is 12.1. The number of phenolic OH excluding ortho intramolecular Hbond substituents is 1. The number of phenols is 1. The molecule has 0 saturated carbocycles. The van der Waals surface area contributed by atoms with Gasteiger partial charge in [-0.1, -0.05) is 6.07 Å². The Labute approximate surface area is 150 Å². The van der Waals surface area contributed by atoms with Gasteiger partial charge in [0.1, 0.15) is 28.5 Å². The highest BCUT2D eigenvalue weighted by Gasteiger charge is 2.26. The van der Waals surface area contributed by atoms with E-state index in [-0.39, 0.29) is 22.9 Å². The van der Waals surface area contributed by atoms with Crippen molar-refractivity contribution in [2.75, 3.05) is 11.9 Å². The summed E-state index contributed by atoms with van der Waals surface area (Å²) in [5.74, 6) is 0.645. The van der Waals surface area contributed by atoms with Crippen molar-refractivity contribution in [1.82, 2.24) is 0 Å². The first kappa shape index (κ1) is 19.0. The average molecular weight is 360 g/mol. The van der Waals surface area contributed by atoms with Gasteiger partial charge in [0.25, 0.3) is 5.69 Å². The van der Waals surface area contributed by atoms with Crippen LogP contribution in [0.1, 0.15) is 20.8 Å². The molecule has 0 saturated heterocycles. The predicted molar refractivity (Wildman–Crippen MR) is 95.9 cm³/mol. The summed E-state index contributed by atoms with van der Waals surface area (Å²) in [6, 6.07) is 10.1. The number of nitro benzene ring substituents is 1. The molecule has 0 bridgehead atoms. The molecule has 2 aromatic carbocycles. The van der Waals surface area contributed by atoms with E-state index in [4.69, 9.17) is 9.47 Å². The summed E-state index contributed by atoms with van der Waals surface area (Å²) in [5, 5.41) is 20.8. The maximum Gasteiger partial charge on any atom is 0.414 e. The minimum absolute atomic E-state index is 0.0236. The molecule has 0 aliphatic rings. The molecule has 1 amide bonds. The molecule has 0 radical (unpaired) electrons. The lowest BCUT2D eigenvalue weighted by Crippen LogP contribution is -2.34. The molecule has 8 nitrogen and oxygen atoms in total. The third-order valence-corrected chi connectivity index (χ3v) is 3.23. The zero-order valence-corrected chi connectivity index (χ0v) is 14.9. The summed E-state index contributed by atoms with van der Waals surface area (Å²) < 4.78 is 10.9. The second-order valence-electron chi connectivity index (χ2n) is 6.55. The number of nitrogens with zero attached hydrogens (tertiary/aromatic N) is 2. The van der Waals surface area contributed by atoms with Gasteiger partial charge in [-0.2, -0.15) is 0 Å². The molecule has 138 valence electrons. The van der Waals surface area contributed by atoms with Gasteiger partial charge in [-0.15, -0.1) is 0 Å². The fraction of sp³-hybridized carbons (Fsp3) is 0.278. The number of ether oxygens (including phenoxy) is 2. The van der Waals surface area contributed by atoms with Gasteiger partial charge in [-0.3, -0.25) is 15.0 Å². The zero-order valence-electron chi connectivity index (χ0n) is 14.9. The summed E-state index contributed by atoms with van der Waals surface area (Å²) >= 11 is 0. The van der Waals surface area contributed by atoms with E-state index < -0.39 is 16.6 Å². The van der Waals surface area contributed by atoms with Crippen LogP contribution in [0.4, 0.5) is 16.2 Å². The highest BCUT2D eigenvalue weighted by molar-refractivity contribution is 5.90. The van der Waals surface area contributed by atoms with Crippen molar-refractivity contribution in [2.45, 2.75) is 26.4 Å². The number of amides is 1. The number of benzene rings is 2. The normalized spacial score (nSPS) is 10.9. The van der Waals surface area contributed by atoms with E-state index >= 15 is 0 Å². The number of aromatic hydroxyl groups is 1. The van der Waals surface area contributed by atoms with Gasteiger partial charge in [-0.25, -0.2) is 4.79 Å². The van der Waals surface area contributed by atoms with Crippen LogP contribution in [0.5, 0.6) is 17.2 Å². The highest BCUT2D eigenvalue weighted by atomic mass is 16.6. The Hall–Kier alpha value is -3.29.